The third kappa shape index (κ3) is 3.55. The number of carbonyl (C=O) groups excluding carboxylic acids is 2. The minimum absolute atomic E-state index is 0.397. The van der Waals surface area contributed by atoms with Gasteiger partial charge < -0.3 is 10.1 Å². The molecule has 2 amide bonds. The summed E-state index contributed by atoms with van der Waals surface area (Å²) < 4.78 is 5.04. The predicted molar refractivity (Wildman–Crippen MR) is 77.1 cm³/mol. The third-order valence-corrected chi connectivity index (χ3v) is 3.25. The highest BCUT2D eigenvalue weighted by Crippen LogP contribution is 2.17. The molecule has 1 aromatic heterocycles. The van der Waals surface area contributed by atoms with Crippen LogP contribution in [0.15, 0.2) is 29.6 Å². The number of hydrogen-bond acceptors (Lipinski definition) is 5. The monoisotopic (exact) mass is 291 g/mol. The summed E-state index contributed by atoms with van der Waals surface area (Å²) in [6, 6.07) is 6.75. The van der Waals surface area contributed by atoms with Crippen molar-refractivity contribution in [3.8, 4) is 5.75 Å². The van der Waals surface area contributed by atoms with Crippen molar-refractivity contribution in [2.75, 3.05) is 17.7 Å². The van der Waals surface area contributed by atoms with Gasteiger partial charge in [-0.15, -0.1) is 11.3 Å². The fraction of sp³-hybridized carbons (Fsp3) is 0.154. The molecule has 0 saturated carbocycles. The van der Waals surface area contributed by atoms with Gasteiger partial charge in [-0.05, 0) is 19.1 Å². The van der Waals surface area contributed by atoms with Gasteiger partial charge in [0, 0.05) is 17.1 Å². The number of amides is 2. The Morgan fingerprint density at radius 3 is 2.65 bits per heavy atom. The topological polar surface area (TPSA) is 80.3 Å². The van der Waals surface area contributed by atoms with Crippen LogP contribution in [0.4, 0.5) is 10.8 Å². The number of nitrogens with zero attached hydrogens (tertiary/aromatic N) is 1. The molecule has 104 valence electrons. The molecule has 1 heterocycles. The molecule has 0 bridgehead atoms. The number of hydrogen-bond donors (Lipinski definition) is 2. The van der Waals surface area contributed by atoms with Gasteiger partial charge in [0.25, 0.3) is 0 Å². The second-order valence-corrected chi connectivity index (χ2v) is 4.79. The van der Waals surface area contributed by atoms with E-state index in [1.165, 1.54) is 18.4 Å². The maximum absolute atomic E-state index is 11.7. The standard InChI is InChI=1S/C13H13N3O3S/c1-8-7-20-13(14-8)16-12(18)11(17)15-9-4-3-5-10(6-9)19-2/h3-7H,1-2H3,(H,15,17)(H,14,16,18). The van der Waals surface area contributed by atoms with Crippen LogP contribution in [-0.4, -0.2) is 23.9 Å². The lowest BCUT2D eigenvalue weighted by Gasteiger charge is -2.06. The first-order chi connectivity index (χ1) is 9.58. The lowest BCUT2D eigenvalue weighted by Crippen LogP contribution is -2.29. The molecule has 1 aromatic carbocycles. The van der Waals surface area contributed by atoms with E-state index in [0.717, 1.165) is 5.69 Å². The van der Waals surface area contributed by atoms with Crippen molar-refractivity contribution in [2.45, 2.75) is 6.92 Å². The van der Waals surface area contributed by atoms with E-state index in [1.54, 1.807) is 29.6 Å². The summed E-state index contributed by atoms with van der Waals surface area (Å²) in [7, 11) is 1.53. The van der Waals surface area contributed by atoms with E-state index >= 15 is 0 Å². The zero-order valence-corrected chi connectivity index (χ0v) is 11.8. The van der Waals surface area contributed by atoms with E-state index < -0.39 is 11.8 Å². The SMILES string of the molecule is COc1cccc(NC(=O)C(=O)Nc2nc(C)cs2)c1. The lowest BCUT2D eigenvalue weighted by atomic mass is 10.3. The van der Waals surface area contributed by atoms with Gasteiger partial charge >= 0.3 is 11.8 Å². The maximum atomic E-state index is 11.7. The van der Waals surface area contributed by atoms with Gasteiger partial charge in [0.15, 0.2) is 5.13 Å². The molecule has 0 saturated heterocycles. The van der Waals surface area contributed by atoms with Crippen molar-refractivity contribution < 1.29 is 14.3 Å². The van der Waals surface area contributed by atoms with Crippen molar-refractivity contribution in [3.63, 3.8) is 0 Å². The highest BCUT2D eigenvalue weighted by Gasteiger charge is 2.15. The van der Waals surface area contributed by atoms with Gasteiger partial charge in [-0.25, -0.2) is 4.98 Å². The molecule has 6 nitrogen and oxygen atoms in total. The fourth-order valence-electron chi connectivity index (χ4n) is 1.45. The first kappa shape index (κ1) is 14.0. The van der Waals surface area contributed by atoms with Crippen LogP contribution in [0.25, 0.3) is 0 Å². The van der Waals surface area contributed by atoms with Crippen molar-refractivity contribution >= 4 is 34.0 Å². The Morgan fingerprint density at radius 1 is 1.25 bits per heavy atom. The van der Waals surface area contributed by atoms with E-state index in [9.17, 15) is 9.59 Å². The second-order valence-electron chi connectivity index (χ2n) is 3.93. The molecule has 0 atom stereocenters. The van der Waals surface area contributed by atoms with Gasteiger partial charge in [0.1, 0.15) is 5.75 Å². The van der Waals surface area contributed by atoms with Crippen molar-refractivity contribution in [2.24, 2.45) is 0 Å². The van der Waals surface area contributed by atoms with Crippen LogP contribution in [0, 0.1) is 6.92 Å². The van der Waals surface area contributed by atoms with Crippen LogP contribution in [0.3, 0.4) is 0 Å². The Hall–Kier alpha value is -2.41. The molecule has 0 fully saturated rings. The van der Waals surface area contributed by atoms with Gasteiger partial charge in [-0.2, -0.15) is 0 Å². The van der Waals surface area contributed by atoms with Gasteiger partial charge in [-0.1, -0.05) is 6.07 Å². The normalized spacial score (nSPS) is 9.90. The van der Waals surface area contributed by atoms with Gasteiger partial charge in [-0.3, -0.25) is 14.9 Å². The Morgan fingerprint density at radius 2 is 2.00 bits per heavy atom. The van der Waals surface area contributed by atoms with E-state index in [1.807, 2.05) is 6.92 Å². The number of thiazole rings is 1. The minimum Gasteiger partial charge on any atom is -0.497 e. The molecule has 0 unspecified atom stereocenters. The van der Waals surface area contributed by atoms with E-state index in [-0.39, 0.29) is 0 Å². The number of methoxy groups -OCH3 is 1. The van der Waals surface area contributed by atoms with E-state index in [4.69, 9.17) is 4.74 Å². The predicted octanol–water partition coefficient (Wildman–Crippen LogP) is 2.04. The zero-order valence-electron chi connectivity index (χ0n) is 11.0. The summed E-state index contributed by atoms with van der Waals surface area (Å²) >= 11 is 1.26. The van der Waals surface area contributed by atoms with Crippen molar-refractivity contribution in [3.05, 3.63) is 35.3 Å². The summed E-state index contributed by atoms with van der Waals surface area (Å²) in [5.74, 6) is -0.924. The molecule has 0 radical (unpaired) electrons. The lowest BCUT2D eigenvalue weighted by molar-refractivity contribution is -0.133. The largest absolute Gasteiger partial charge is 0.497 e. The molecule has 20 heavy (non-hydrogen) atoms. The average molecular weight is 291 g/mol. The van der Waals surface area contributed by atoms with Gasteiger partial charge in [0.05, 0.1) is 12.8 Å². The van der Waals surface area contributed by atoms with E-state index in [0.29, 0.717) is 16.6 Å². The summed E-state index contributed by atoms with van der Waals surface area (Å²) in [6.07, 6.45) is 0. The second kappa shape index (κ2) is 6.16. The molecule has 2 N–H and O–H groups in total. The Kier molecular flexibility index (Phi) is 4.31. The highest BCUT2D eigenvalue weighted by molar-refractivity contribution is 7.14. The third-order valence-electron chi connectivity index (χ3n) is 2.37. The van der Waals surface area contributed by atoms with Crippen LogP contribution < -0.4 is 15.4 Å². The number of anilines is 2. The van der Waals surface area contributed by atoms with E-state index in [2.05, 4.69) is 15.6 Å². The van der Waals surface area contributed by atoms with Crippen LogP contribution >= 0.6 is 11.3 Å². The maximum Gasteiger partial charge on any atom is 0.315 e. The fourth-order valence-corrected chi connectivity index (χ4v) is 2.14. The molecule has 2 aromatic rings. The molecule has 0 aliphatic carbocycles. The van der Waals surface area contributed by atoms with Crippen LogP contribution in [0.2, 0.25) is 0 Å². The number of ether oxygens (including phenoxy) is 1. The average Bonchev–Trinajstić information content (AvgIpc) is 2.84. The van der Waals surface area contributed by atoms with Crippen LogP contribution in [0.5, 0.6) is 5.75 Å². The summed E-state index contributed by atoms with van der Waals surface area (Å²) in [6.45, 7) is 1.81. The molecule has 0 spiro atoms. The number of nitrogens with one attached hydrogen (secondary N) is 2. The minimum atomic E-state index is -0.762. The zero-order chi connectivity index (χ0) is 14.5. The van der Waals surface area contributed by atoms with Crippen molar-refractivity contribution in [1.29, 1.82) is 0 Å². The molecule has 0 aliphatic heterocycles. The Balaban J connectivity index is 1.98. The van der Waals surface area contributed by atoms with Crippen molar-refractivity contribution in [1.82, 2.24) is 4.98 Å². The number of carbonyl (C=O) groups is 2. The molecule has 2 rings (SSSR count). The number of aryl methyl sites for hydroxylation is 1. The summed E-state index contributed by atoms with van der Waals surface area (Å²) in [5.41, 5.74) is 1.28. The quantitative estimate of drug-likeness (QED) is 0.848. The molecular formula is C13H13N3O3S. The van der Waals surface area contributed by atoms with Crippen LogP contribution in [0.1, 0.15) is 5.69 Å². The summed E-state index contributed by atoms with van der Waals surface area (Å²) in [5, 5.41) is 7.11. The van der Waals surface area contributed by atoms with Gasteiger partial charge in [0.2, 0.25) is 0 Å². The molecule has 7 heteroatoms. The summed E-state index contributed by atoms with van der Waals surface area (Å²) in [4.78, 5) is 27.5. The first-order valence-electron chi connectivity index (χ1n) is 5.77. The number of aromatic nitrogens is 1. The number of benzene rings is 1. The Bertz CT molecular complexity index is 639. The first-order valence-corrected chi connectivity index (χ1v) is 6.65. The number of rotatable bonds is 3. The molecule has 0 aliphatic rings. The molecular weight excluding hydrogens is 278 g/mol. The smallest absolute Gasteiger partial charge is 0.315 e. The Labute approximate surface area is 119 Å². The van der Waals surface area contributed by atoms with Crippen LogP contribution in [-0.2, 0) is 9.59 Å². The highest BCUT2D eigenvalue weighted by atomic mass is 32.1.